The molecule has 0 atom stereocenters. The number of nitrogens with one attached hydrogen (secondary N) is 1. The number of carbonyl (C=O) groups is 2. The molecular formula is C23H23FN4O5. The Hall–Kier alpha value is -4.21. The predicted molar refractivity (Wildman–Crippen MR) is 120 cm³/mol. The fourth-order valence-corrected chi connectivity index (χ4v) is 3.29. The summed E-state index contributed by atoms with van der Waals surface area (Å²) in [7, 11) is 0. The van der Waals surface area contributed by atoms with Gasteiger partial charge >= 0.3 is 11.7 Å². The van der Waals surface area contributed by atoms with Crippen LogP contribution in [0.3, 0.4) is 0 Å². The van der Waals surface area contributed by atoms with Crippen LogP contribution in [0.5, 0.6) is 0 Å². The summed E-state index contributed by atoms with van der Waals surface area (Å²) in [6, 6.07) is 14.7. The number of anilines is 2. The second kappa shape index (κ2) is 10.4. The van der Waals surface area contributed by atoms with Crippen LogP contribution in [-0.2, 0) is 27.3 Å². The van der Waals surface area contributed by atoms with Gasteiger partial charge < -0.3 is 15.4 Å². The van der Waals surface area contributed by atoms with Crippen LogP contribution < -0.4 is 21.9 Å². The van der Waals surface area contributed by atoms with Gasteiger partial charge in [0.25, 0.3) is 11.5 Å². The van der Waals surface area contributed by atoms with Crippen molar-refractivity contribution in [1.29, 1.82) is 0 Å². The number of nitrogens with zero attached hydrogens (tertiary/aromatic N) is 2. The van der Waals surface area contributed by atoms with Gasteiger partial charge in [-0.05, 0) is 24.1 Å². The maximum Gasteiger partial charge on any atom is 0.330 e. The van der Waals surface area contributed by atoms with E-state index >= 15 is 0 Å². The molecule has 0 saturated heterocycles. The van der Waals surface area contributed by atoms with E-state index in [-0.39, 0.29) is 36.6 Å². The van der Waals surface area contributed by atoms with Gasteiger partial charge in [0.15, 0.2) is 12.3 Å². The van der Waals surface area contributed by atoms with Gasteiger partial charge in [0.2, 0.25) is 0 Å². The van der Waals surface area contributed by atoms with Crippen LogP contribution in [0.15, 0.2) is 64.2 Å². The third-order valence-corrected chi connectivity index (χ3v) is 4.93. The molecule has 172 valence electrons. The summed E-state index contributed by atoms with van der Waals surface area (Å²) in [6.07, 6.45) is -0.350. The van der Waals surface area contributed by atoms with Crippen LogP contribution >= 0.6 is 0 Å². The lowest BCUT2D eigenvalue weighted by Gasteiger charge is -2.23. The van der Waals surface area contributed by atoms with Crippen molar-refractivity contribution < 1.29 is 18.7 Å². The molecule has 1 heterocycles. The fourth-order valence-electron chi connectivity index (χ4n) is 3.29. The van der Waals surface area contributed by atoms with Crippen LogP contribution in [0.1, 0.15) is 18.1 Å². The first kappa shape index (κ1) is 23.5. The number of nitrogen functional groups attached to an aromatic ring is 1. The average Bonchev–Trinajstić information content (AvgIpc) is 2.80. The molecule has 3 rings (SSSR count). The fraction of sp³-hybridized carbons (Fsp3) is 0.217. The molecule has 33 heavy (non-hydrogen) atoms. The molecule has 0 aliphatic carbocycles. The molecule has 0 spiro atoms. The molecule has 10 heteroatoms. The smallest absolute Gasteiger partial charge is 0.330 e. The quantitative estimate of drug-likeness (QED) is 0.496. The Kier molecular flexibility index (Phi) is 7.39. The molecule has 0 radical (unpaired) electrons. The van der Waals surface area contributed by atoms with Gasteiger partial charge in [-0.1, -0.05) is 48.5 Å². The zero-order chi connectivity index (χ0) is 24.0. The van der Waals surface area contributed by atoms with Crippen molar-refractivity contribution in [2.45, 2.75) is 19.9 Å². The molecule has 0 fully saturated rings. The number of rotatable bonds is 8. The van der Waals surface area contributed by atoms with E-state index < -0.39 is 35.5 Å². The Morgan fingerprint density at radius 3 is 2.42 bits per heavy atom. The highest BCUT2D eigenvalue weighted by molar-refractivity contribution is 5.97. The summed E-state index contributed by atoms with van der Waals surface area (Å²) in [5.74, 6) is -2.28. The minimum atomic E-state index is -0.838. The van der Waals surface area contributed by atoms with Crippen LogP contribution in [0.4, 0.5) is 15.9 Å². The Balaban J connectivity index is 1.79. The van der Waals surface area contributed by atoms with Crippen molar-refractivity contribution >= 4 is 23.4 Å². The van der Waals surface area contributed by atoms with Gasteiger partial charge in [-0.15, -0.1) is 0 Å². The number of aromatic amines is 1. The first-order valence-corrected chi connectivity index (χ1v) is 10.2. The standard InChI is InChI=1S/C23H23FN4O5/c1-2-27(18(29)14-33-19(30)12-16-10-6-7-11-17(16)24)20-21(25)28(23(32)26-22(20)31)13-15-8-4-3-5-9-15/h3-11H,2,12-14,25H2,1H3,(H,26,31,32). The summed E-state index contributed by atoms with van der Waals surface area (Å²) in [5.41, 5.74) is 5.25. The predicted octanol–water partition coefficient (Wildman–Crippen LogP) is 1.44. The zero-order valence-electron chi connectivity index (χ0n) is 17.9. The van der Waals surface area contributed by atoms with Gasteiger partial charge in [-0.2, -0.15) is 0 Å². The van der Waals surface area contributed by atoms with Crippen molar-refractivity contribution in [3.05, 3.63) is 92.4 Å². The summed E-state index contributed by atoms with van der Waals surface area (Å²) in [6.45, 7) is 1.03. The number of H-pyrrole nitrogens is 1. The molecule has 0 saturated carbocycles. The lowest BCUT2D eigenvalue weighted by molar-refractivity contribution is -0.147. The normalized spacial score (nSPS) is 10.6. The number of carbonyl (C=O) groups excluding carboxylic acids is 2. The van der Waals surface area contributed by atoms with Crippen molar-refractivity contribution in [2.75, 3.05) is 23.8 Å². The van der Waals surface area contributed by atoms with E-state index in [0.717, 1.165) is 15.0 Å². The average molecular weight is 454 g/mol. The summed E-state index contributed by atoms with van der Waals surface area (Å²) < 4.78 is 19.8. The van der Waals surface area contributed by atoms with Gasteiger partial charge in [-0.25, -0.2) is 9.18 Å². The largest absolute Gasteiger partial charge is 0.455 e. The van der Waals surface area contributed by atoms with Gasteiger partial charge in [0.05, 0.1) is 13.0 Å². The number of amides is 1. The third-order valence-electron chi connectivity index (χ3n) is 4.93. The minimum absolute atomic E-state index is 0.0283. The van der Waals surface area contributed by atoms with E-state index in [1.165, 1.54) is 18.2 Å². The van der Waals surface area contributed by atoms with Gasteiger partial charge in [-0.3, -0.25) is 23.9 Å². The third kappa shape index (κ3) is 5.53. The number of hydrogen-bond acceptors (Lipinski definition) is 6. The number of aromatic nitrogens is 2. The van der Waals surface area contributed by atoms with Crippen LogP contribution in [0.25, 0.3) is 0 Å². The SMILES string of the molecule is CCN(C(=O)COC(=O)Cc1ccccc1F)c1c(N)n(Cc2ccccc2)c(=O)[nH]c1=O. The van der Waals surface area contributed by atoms with Gasteiger partial charge in [0.1, 0.15) is 11.6 Å². The molecule has 1 amide bonds. The number of esters is 1. The maximum atomic E-state index is 13.7. The lowest BCUT2D eigenvalue weighted by Crippen LogP contribution is -2.42. The van der Waals surface area contributed by atoms with Crippen molar-refractivity contribution in [3.63, 3.8) is 0 Å². The second-order valence-electron chi connectivity index (χ2n) is 7.13. The molecule has 0 bridgehead atoms. The van der Waals surface area contributed by atoms with E-state index in [9.17, 15) is 23.6 Å². The first-order valence-electron chi connectivity index (χ1n) is 10.2. The summed E-state index contributed by atoms with van der Waals surface area (Å²) >= 11 is 0. The molecular weight excluding hydrogens is 431 g/mol. The maximum absolute atomic E-state index is 13.7. The number of halogens is 1. The Morgan fingerprint density at radius 1 is 1.09 bits per heavy atom. The van der Waals surface area contributed by atoms with Crippen LogP contribution in [0.2, 0.25) is 0 Å². The van der Waals surface area contributed by atoms with Gasteiger partial charge in [0, 0.05) is 6.54 Å². The lowest BCUT2D eigenvalue weighted by atomic mass is 10.1. The number of ether oxygens (including phenoxy) is 1. The zero-order valence-corrected chi connectivity index (χ0v) is 17.9. The van der Waals surface area contributed by atoms with E-state index in [2.05, 4.69) is 4.98 Å². The summed E-state index contributed by atoms with van der Waals surface area (Å²) in [5, 5.41) is 0. The Labute approximate surface area is 188 Å². The first-order chi connectivity index (χ1) is 15.8. The molecule has 1 aromatic heterocycles. The molecule has 3 N–H and O–H groups in total. The highest BCUT2D eigenvalue weighted by Crippen LogP contribution is 2.18. The van der Waals surface area contributed by atoms with E-state index in [1.54, 1.807) is 37.3 Å². The topological polar surface area (TPSA) is 127 Å². The number of benzene rings is 2. The van der Waals surface area contributed by atoms with Crippen molar-refractivity contribution in [2.24, 2.45) is 0 Å². The molecule has 0 aliphatic rings. The highest BCUT2D eigenvalue weighted by Gasteiger charge is 2.24. The number of likely N-dealkylation sites (N-methyl/N-ethyl adjacent to an activating group) is 1. The minimum Gasteiger partial charge on any atom is -0.455 e. The molecule has 3 aromatic rings. The molecule has 0 aliphatic heterocycles. The van der Waals surface area contributed by atoms with Crippen molar-refractivity contribution in [3.8, 4) is 0 Å². The van der Waals surface area contributed by atoms with Crippen LogP contribution in [-0.4, -0.2) is 34.6 Å². The molecule has 0 unspecified atom stereocenters. The Bertz CT molecular complexity index is 1270. The monoisotopic (exact) mass is 454 g/mol. The number of hydrogen-bond donors (Lipinski definition) is 2. The molecule has 2 aromatic carbocycles. The van der Waals surface area contributed by atoms with E-state index in [0.29, 0.717) is 0 Å². The highest BCUT2D eigenvalue weighted by atomic mass is 19.1. The Morgan fingerprint density at radius 2 is 1.76 bits per heavy atom. The van der Waals surface area contributed by atoms with Crippen LogP contribution in [0, 0.1) is 5.82 Å². The van der Waals surface area contributed by atoms with Crippen molar-refractivity contribution in [1.82, 2.24) is 9.55 Å². The van der Waals surface area contributed by atoms with E-state index in [1.807, 2.05) is 6.07 Å². The number of nitrogens with two attached hydrogens (primary N) is 1. The summed E-state index contributed by atoms with van der Waals surface area (Å²) in [4.78, 5) is 52.8. The van der Waals surface area contributed by atoms with E-state index in [4.69, 9.17) is 10.5 Å². The molecule has 9 nitrogen and oxygen atoms in total. The second-order valence-corrected chi connectivity index (χ2v) is 7.13.